The number of nitrogens with zero attached hydrogens (tertiary/aromatic N) is 2. The van der Waals surface area contributed by atoms with E-state index in [0.29, 0.717) is 33.6 Å². The molecule has 0 aliphatic rings. The minimum absolute atomic E-state index is 0.230. The summed E-state index contributed by atoms with van der Waals surface area (Å²) < 4.78 is 12.2. The van der Waals surface area contributed by atoms with Gasteiger partial charge in [0.2, 0.25) is 0 Å². The van der Waals surface area contributed by atoms with Gasteiger partial charge in [0, 0.05) is 17.7 Å². The first-order valence-corrected chi connectivity index (χ1v) is 8.77. The van der Waals surface area contributed by atoms with Gasteiger partial charge in [-0.3, -0.25) is 9.79 Å². The third-order valence-electron chi connectivity index (χ3n) is 3.89. The van der Waals surface area contributed by atoms with Crippen LogP contribution in [0.3, 0.4) is 0 Å². The van der Waals surface area contributed by atoms with Gasteiger partial charge in [-0.05, 0) is 37.9 Å². The van der Waals surface area contributed by atoms with E-state index < -0.39 is 5.91 Å². The van der Waals surface area contributed by atoms with Crippen LogP contribution in [-0.4, -0.2) is 24.7 Å². The van der Waals surface area contributed by atoms with Gasteiger partial charge in [0.05, 0.1) is 28.6 Å². The van der Waals surface area contributed by atoms with Crippen LogP contribution in [0.5, 0.6) is 11.5 Å². The summed E-state index contributed by atoms with van der Waals surface area (Å²) in [6.45, 7) is 5.40. The predicted molar refractivity (Wildman–Crippen MR) is 109 cm³/mol. The minimum Gasteiger partial charge on any atom is -0.496 e. The number of nitrogen functional groups attached to an aromatic ring is 1. The zero-order valence-electron chi connectivity index (χ0n) is 14.9. The van der Waals surface area contributed by atoms with Crippen LogP contribution in [0.1, 0.15) is 22.8 Å². The minimum atomic E-state index is -0.610. The Morgan fingerprint density at radius 1 is 1.30 bits per heavy atom. The van der Waals surface area contributed by atoms with Gasteiger partial charge < -0.3 is 20.9 Å². The predicted octanol–water partition coefficient (Wildman–Crippen LogP) is 3.76. The molecule has 0 radical (unpaired) electrons. The number of anilines is 1. The normalized spacial score (nSPS) is 11.4. The van der Waals surface area contributed by atoms with E-state index >= 15 is 0 Å². The van der Waals surface area contributed by atoms with Crippen molar-refractivity contribution in [3.8, 4) is 11.5 Å². The van der Waals surface area contributed by atoms with Crippen LogP contribution in [-0.2, 0) is 0 Å². The van der Waals surface area contributed by atoms with Crippen molar-refractivity contribution in [2.75, 3.05) is 12.8 Å². The van der Waals surface area contributed by atoms with Gasteiger partial charge in [-0.15, -0.1) is 0 Å². The number of fused-ring (bicyclic) bond motifs is 1. The van der Waals surface area contributed by atoms with Gasteiger partial charge >= 0.3 is 0 Å². The van der Waals surface area contributed by atoms with E-state index in [9.17, 15) is 4.79 Å². The zero-order chi connectivity index (χ0) is 19.6. The summed E-state index contributed by atoms with van der Waals surface area (Å²) in [5.74, 6) is 0.816. The van der Waals surface area contributed by atoms with Crippen LogP contribution in [0.25, 0.3) is 16.0 Å². The maximum absolute atomic E-state index is 11.8. The Kier molecular flexibility index (Phi) is 5.09. The molecule has 27 heavy (non-hydrogen) atoms. The fourth-order valence-corrected chi connectivity index (χ4v) is 3.40. The second-order valence-electron chi connectivity index (χ2n) is 5.53. The quantitative estimate of drug-likeness (QED) is 0.498. The molecule has 0 saturated heterocycles. The molecule has 0 unspecified atom stereocenters. The van der Waals surface area contributed by atoms with E-state index in [2.05, 4.69) is 16.7 Å². The van der Waals surface area contributed by atoms with Gasteiger partial charge in [-0.2, -0.15) is 0 Å². The van der Waals surface area contributed by atoms with Crippen LogP contribution in [0, 0.1) is 0 Å². The largest absolute Gasteiger partial charge is 0.496 e. The highest BCUT2D eigenvalue weighted by Gasteiger charge is 2.18. The topological polar surface area (TPSA) is 113 Å². The number of thiazole rings is 1. The standard InChI is InChI=1S/C19H18N4O3S/c1-4-15(26-10-5-6-13-17(7-10)27-19(21)23-13)11-8-12(18(20)24)16(25-3)9-14(11)22-2/h4-9H,2H2,1,3H3,(H2,20,24)(H2,21,23)/b15-4+. The lowest BCUT2D eigenvalue weighted by Crippen LogP contribution is -2.13. The number of nitrogens with two attached hydrogens (primary N) is 2. The Morgan fingerprint density at radius 3 is 2.70 bits per heavy atom. The second-order valence-corrected chi connectivity index (χ2v) is 6.59. The molecular formula is C19H18N4O3S. The molecule has 0 fully saturated rings. The number of aliphatic imine (C=N–C) groups is 1. The third kappa shape index (κ3) is 3.61. The molecule has 7 nitrogen and oxygen atoms in total. The first-order valence-electron chi connectivity index (χ1n) is 7.96. The number of hydrogen-bond donors (Lipinski definition) is 2. The fourth-order valence-electron chi connectivity index (χ4n) is 2.64. The summed E-state index contributed by atoms with van der Waals surface area (Å²) in [6.07, 6.45) is 1.77. The van der Waals surface area contributed by atoms with E-state index in [1.807, 2.05) is 19.1 Å². The highest BCUT2D eigenvalue weighted by atomic mass is 32.1. The van der Waals surface area contributed by atoms with E-state index in [1.165, 1.54) is 18.4 Å². The Balaban J connectivity index is 2.04. The monoisotopic (exact) mass is 382 g/mol. The lowest BCUT2D eigenvalue weighted by Gasteiger charge is -2.15. The Morgan fingerprint density at radius 2 is 2.07 bits per heavy atom. The van der Waals surface area contributed by atoms with Gasteiger partial charge in [0.25, 0.3) is 5.91 Å². The number of ether oxygens (including phenoxy) is 2. The third-order valence-corrected chi connectivity index (χ3v) is 4.73. The summed E-state index contributed by atoms with van der Waals surface area (Å²) in [5, 5.41) is 0.493. The van der Waals surface area contributed by atoms with Crippen LogP contribution in [0.2, 0.25) is 0 Å². The van der Waals surface area contributed by atoms with Gasteiger partial charge in [0.15, 0.2) is 5.13 Å². The van der Waals surface area contributed by atoms with Crippen LogP contribution >= 0.6 is 11.3 Å². The van der Waals surface area contributed by atoms with Crippen LogP contribution in [0.4, 0.5) is 10.8 Å². The van der Waals surface area contributed by atoms with E-state index in [-0.39, 0.29) is 5.56 Å². The van der Waals surface area contributed by atoms with E-state index in [4.69, 9.17) is 20.9 Å². The summed E-state index contributed by atoms with van der Waals surface area (Å²) in [4.78, 5) is 20.0. The average molecular weight is 382 g/mol. The summed E-state index contributed by atoms with van der Waals surface area (Å²) in [7, 11) is 1.46. The van der Waals surface area contributed by atoms with Crippen molar-refractivity contribution in [2.24, 2.45) is 10.7 Å². The molecule has 3 aromatic rings. The molecule has 0 atom stereocenters. The second kappa shape index (κ2) is 7.46. The Bertz CT molecular complexity index is 1070. The lowest BCUT2D eigenvalue weighted by atomic mass is 10.0. The average Bonchev–Trinajstić information content (AvgIpc) is 3.04. The van der Waals surface area contributed by atoms with E-state index in [1.54, 1.807) is 24.3 Å². The van der Waals surface area contributed by atoms with Gasteiger partial charge in [-0.1, -0.05) is 11.3 Å². The molecule has 0 aliphatic heterocycles. The molecule has 2 aromatic carbocycles. The van der Waals surface area contributed by atoms with Gasteiger partial charge in [-0.25, -0.2) is 4.98 Å². The number of methoxy groups -OCH3 is 1. The lowest BCUT2D eigenvalue weighted by molar-refractivity contribution is 0.0997. The Labute approximate surface area is 159 Å². The summed E-state index contributed by atoms with van der Waals surface area (Å²) >= 11 is 1.38. The number of primary amides is 1. The molecule has 8 heteroatoms. The Hall–Kier alpha value is -3.39. The van der Waals surface area contributed by atoms with Crippen LogP contribution in [0.15, 0.2) is 41.4 Å². The molecule has 1 amide bonds. The molecule has 0 aliphatic carbocycles. The van der Waals surface area contributed by atoms with Crippen molar-refractivity contribution in [3.05, 3.63) is 47.5 Å². The molecule has 138 valence electrons. The smallest absolute Gasteiger partial charge is 0.252 e. The maximum Gasteiger partial charge on any atom is 0.252 e. The number of carbonyl (C=O) groups excluding carboxylic acids is 1. The number of aromatic nitrogens is 1. The first-order chi connectivity index (χ1) is 13.0. The van der Waals surface area contributed by atoms with Crippen molar-refractivity contribution in [3.63, 3.8) is 0 Å². The number of amides is 1. The first kappa shape index (κ1) is 18.4. The van der Waals surface area contributed by atoms with Crippen molar-refractivity contribution in [1.82, 2.24) is 4.98 Å². The number of rotatable bonds is 6. The molecule has 0 spiro atoms. The van der Waals surface area contributed by atoms with Crippen molar-refractivity contribution in [1.29, 1.82) is 0 Å². The van der Waals surface area contributed by atoms with Crippen molar-refractivity contribution < 1.29 is 14.3 Å². The molecule has 0 bridgehead atoms. The highest BCUT2D eigenvalue weighted by Crippen LogP contribution is 2.35. The maximum atomic E-state index is 11.8. The molecule has 1 aromatic heterocycles. The molecule has 3 rings (SSSR count). The highest BCUT2D eigenvalue weighted by molar-refractivity contribution is 7.22. The number of allylic oxidation sites excluding steroid dienone is 1. The van der Waals surface area contributed by atoms with Crippen molar-refractivity contribution in [2.45, 2.75) is 6.92 Å². The van der Waals surface area contributed by atoms with E-state index in [0.717, 1.165) is 10.2 Å². The molecule has 0 saturated carbocycles. The van der Waals surface area contributed by atoms with Crippen LogP contribution < -0.4 is 20.9 Å². The number of carbonyl (C=O) groups is 1. The SMILES string of the molecule is C=Nc1cc(OC)c(C(N)=O)cc1/C(=C\C)Oc1ccc2nc(N)sc2c1. The fraction of sp³-hybridized carbons (Fsp3) is 0.105. The number of hydrogen-bond acceptors (Lipinski definition) is 7. The molecule has 1 heterocycles. The number of benzene rings is 2. The van der Waals surface area contributed by atoms with Crippen molar-refractivity contribution >= 4 is 50.8 Å². The van der Waals surface area contributed by atoms with Gasteiger partial charge in [0.1, 0.15) is 17.3 Å². The molecular weight excluding hydrogens is 364 g/mol. The summed E-state index contributed by atoms with van der Waals surface area (Å²) in [5.41, 5.74) is 13.3. The summed E-state index contributed by atoms with van der Waals surface area (Å²) in [6, 6.07) is 8.67. The zero-order valence-corrected chi connectivity index (χ0v) is 15.7. The molecule has 4 N–H and O–H groups in total.